The van der Waals surface area contributed by atoms with Crippen molar-refractivity contribution in [1.29, 1.82) is 0 Å². The zero-order chi connectivity index (χ0) is 15.0. The Kier molecular flexibility index (Phi) is 3.29. The van der Waals surface area contributed by atoms with Crippen LogP contribution in [0.1, 0.15) is 34.7 Å². The highest BCUT2D eigenvalue weighted by Gasteiger charge is 2.22. The number of nitrogens with one attached hydrogen (secondary N) is 1. The minimum atomic E-state index is 0.117. The fourth-order valence-electron chi connectivity index (χ4n) is 2.66. The molecule has 0 bridgehead atoms. The van der Waals surface area contributed by atoms with E-state index in [1.807, 2.05) is 38.1 Å². The van der Waals surface area contributed by atoms with Crippen LogP contribution in [0.25, 0.3) is 0 Å². The van der Waals surface area contributed by atoms with Crippen molar-refractivity contribution >= 4 is 5.71 Å². The van der Waals surface area contributed by atoms with Gasteiger partial charge in [-0.2, -0.15) is 5.10 Å². The zero-order valence-corrected chi connectivity index (χ0v) is 12.1. The van der Waals surface area contributed by atoms with Crippen LogP contribution in [0.4, 0.5) is 0 Å². The molecule has 0 aliphatic carbocycles. The highest BCUT2D eigenvalue weighted by Crippen LogP contribution is 2.30. The van der Waals surface area contributed by atoms with E-state index in [9.17, 15) is 10.2 Å². The van der Waals surface area contributed by atoms with E-state index in [1.165, 1.54) is 0 Å². The molecule has 0 spiro atoms. The van der Waals surface area contributed by atoms with Gasteiger partial charge < -0.3 is 15.6 Å². The van der Waals surface area contributed by atoms with E-state index in [-0.39, 0.29) is 11.8 Å². The summed E-state index contributed by atoms with van der Waals surface area (Å²) < 4.78 is 0. The second kappa shape index (κ2) is 5.13. The Labute approximate surface area is 123 Å². The monoisotopic (exact) mass is 282 g/mol. The van der Waals surface area contributed by atoms with Crippen LogP contribution in [0, 0.1) is 13.8 Å². The molecule has 0 fully saturated rings. The van der Waals surface area contributed by atoms with Gasteiger partial charge in [0.25, 0.3) is 0 Å². The molecule has 2 aromatic rings. The summed E-state index contributed by atoms with van der Waals surface area (Å²) in [5, 5.41) is 23.6. The molecule has 3 N–H and O–H groups in total. The van der Waals surface area contributed by atoms with Gasteiger partial charge in [-0.3, -0.25) is 0 Å². The summed E-state index contributed by atoms with van der Waals surface area (Å²) in [7, 11) is 0. The van der Waals surface area contributed by atoms with Gasteiger partial charge in [0.05, 0.1) is 11.8 Å². The number of hydrogen-bond acceptors (Lipinski definition) is 4. The van der Waals surface area contributed by atoms with Crippen LogP contribution in [0.3, 0.4) is 0 Å². The van der Waals surface area contributed by atoms with Crippen molar-refractivity contribution < 1.29 is 10.2 Å². The Morgan fingerprint density at radius 3 is 2.29 bits per heavy atom. The summed E-state index contributed by atoms with van der Waals surface area (Å²) in [4.78, 5) is 0. The Morgan fingerprint density at radius 1 is 1.05 bits per heavy atom. The summed E-state index contributed by atoms with van der Waals surface area (Å²) in [6, 6.07) is 11.2. The second-order valence-corrected chi connectivity index (χ2v) is 5.49. The molecule has 1 atom stereocenters. The maximum atomic E-state index is 9.86. The van der Waals surface area contributed by atoms with Crippen molar-refractivity contribution in [3.8, 4) is 11.5 Å². The number of phenolic OH excluding ortho intramolecular Hbond substituents is 2. The van der Waals surface area contributed by atoms with Crippen molar-refractivity contribution in [3.05, 3.63) is 58.7 Å². The molecule has 1 unspecified atom stereocenters. The van der Waals surface area contributed by atoms with E-state index in [4.69, 9.17) is 0 Å². The van der Waals surface area contributed by atoms with Gasteiger partial charge in [0.1, 0.15) is 11.5 Å². The van der Waals surface area contributed by atoms with E-state index < -0.39 is 0 Å². The molecule has 0 aromatic heterocycles. The van der Waals surface area contributed by atoms with Gasteiger partial charge in [-0.1, -0.05) is 12.1 Å². The molecular formula is C17H18N2O2. The molecule has 0 saturated carbocycles. The van der Waals surface area contributed by atoms with Crippen molar-refractivity contribution in [1.82, 2.24) is 5.43 Å². The quantitative estimate of drug-likeness (QED) is 0.792. The average Bonchev–Trinajstić information content (AvgIpc) is 2.95. The van der Waals surface area contributed by atoms with Crippen molar-refractivity contribution in [2.45, 2.75) is 26.3 Å². The summed E-state index contributed by atoms with van der Waals surface area (Å²) in [5.74, 6) is 0.614. The molecule has 21 heavy (non-hydrogen) atoms. The number of phenols is 2. The fourth-order valence-corrected chi connectivity index (χ4v) is 2.66. The third-order valence-corrected chi connectivity index (χ3v) is 3.87. The first-order chi connectivity index (χ1) is 10.0. The summed E-state index contributed by atoms with van der Waals surface area (Å²) >= 11 is 0. The van der Waals surface area contributed by atoms with Crippen molar-refractivity contribution in [3.63, 3.8) is 0 Å². The molecule has 108 valence electrons. The molecule has 0 radical (unpaired) electrons. The third kappa shape index (κ3) is 2.57. The van der Waals surface area contributed by atoms with Crippen LogP contribution in [-0.2, 0) is 0 Å². The average molecular weight is 282 g/mol. The normalized spacial score (nSPS) is 17.4. The first-order valence-electron chi connectivity index (χ1n) is 6.96. The van der Waals surface area contributed by atoms with Gasteiger partial charge in [-0.05, 0) is 60.4 Å². The number of aryl methyl sites for hydroxylation is 2. The second-order valence-electron chi connectivity index (χ2n) is 5.49. The Hall–Kier alpha value is -2.49. The summed E-state index contributed by atoms with van der Waals surface area (Å²) in [6.45, 7) is 3.81. The Bertz CT molecular complexity index is 682. The molecule has 4 nitrogen and oxygen atoms in total. The van der Waals surface area contributed by atoms with Crippen LogP contribution < -0.4 is 5.43 Å². The predicted octanol–water partition coefficient (Wildman–Crippen LogP) is 3.15. The largest absolute Gasteiger partial charge is 0.508 e. The van der Waals surface area contributed by atoms with Gasteiger partial charge in [0.15, 0.2) is 0 Å². The highest BCUT2D eigenvalue weighted by molar-refractivity contribution is 6.01. The number of hydrazone groups is 1. The van der Waals surface area contributed by atoms with Gasteiger partial charge in [0.2, 0.25) is 0 Å². The smallest absolute Gasteiger partial charge is 0.121 e. The Balaban J connectivity index is 1.81. The fraction of sp³-hybridized carbons (Fsp3) is 0.235. The summed E-state index contributed by atoms with van der Waals surface area (Å²) in [6.07, 6.45) is 0.786. The molecule has 4 heteroatoms. The first kappa shape index (κ1) is 13.5. The van der Waals surface area contributed by atoms with Crippen LogP contribution in [0.15, 0.2) is 41.5 Å². The standard InChI is InChI=1S/C17H18N2O2/c1-10-7-13(8-11(2)17(10)21)16-9-15(18-19-16)12-3-5-14(20)6-4-12/h3-8,16,19-21H,9H2,1-2H3. The lowest BCUT2D eigenvalue weighted by molar-refractivity contribution is 0.466. The van der Waals surface area contributed by atoms with Crippen LogP contribution in [-0.4, -0.2) is 15.9 Å². The van der Waals surface area contributed by atoms with Gasteiger partial charge in [-0.15, -0.1) is 0 Å². The lowest BCUT2D eigenvalue weighted by Crippen LogP contribution is -2.10. The number of rotatable bonds is 2. The maximum Gasteiger partial charge on any atom is 0.121 e. The molecule has 0 amide bonds. The van der Waals surface area contributed by atoms with Crippen LogP contribution >= 0.6 is 0 Å². The number of nitrogens with zero attached hydrogens (tertiary/aromatic N) is 1. The molecule has 0 saturated heterocycles. The lowest BCUT2D eigenvalue weighted by Gasteiger charge is -2.13. The van der Waals surface area contributed by atoms with Crippen molar-refractivity contribution in [2.24, 2.45) is 5.10 Å². The number of aromatic hydroxyl groups is 2. The van der Waals surface area contributed by atoms with E-state index in [0.717, 1.165) is 34.4 Å². The Morgan fingerprint density at radius 2 is 1.67 bits per heavy atom. The lowest BCUT2D eigenvalue weighted by atomic mass is 9.96. The van der Waals surface area contributed by atoms with Gasteiger partial charge in [0, 0.05) is 6.42 Å². The molecular weight excluding hydrogens is 264 g/mol. The maximum absolute atomic E-state index is 9.86. The predicted molar refractivity (Wildman–Crippen MR) is 82.7 cm³/mol. The summed E-state index contributed by atoms with van der Waals surface area (Å²) in [5.41, 5.74) is 8.02. The van der Waals surface area contributed by atoms with Crippen LogP contribution in [0.5, 0.6) is 11.5 Å². The van der Waals surface area contributed by atoms with E-state index in [0.29, 0.717) is 5.75 Å². The topological polar surface area (TPSA) is 64.9 Å². The van der Waals surface area contributed by atoms with Crippen LogP contribution in [0.2, 0.25) is 0 Å². The molecule has 2 aromatic carbocycles. The van der Waals surface area contributed by atoms with Gasteiger partial charge >= 0.3 is 0 Å². The minimum absolute atomic E-state index is 0.117. The highest BCUT2D eigenvalue weighted by atomic mass is 16.3. The zero-order valence-electron chi connectivity index (χ0n) is 12.1. The SMILES string of the molecule is Cc1cc(C2CC(c3ccc(O)cc3)=NN2)cc(C)c1O. The molecule has 1 heterocycles. The van der Waals surface area contributed by atoms with E-state index in [1.54, 1.807) is 12.1 Å². The van der Waals surface area contributed by atoms with Gasteiger partial charge in [-0.25, -0.2) is 0 Å². The minimum Gasteiger partial charge on any atom is -0.508 e. The third-order valence-electron chi connectivity index (χ3n) is 3.87. The number of benzene rings is 2. The first-order valence-corrected chi connectivity index (χ1v) is 6.96. The van der Waals surface area contributed by atoms with Crippen molar-refractivity contribution in [2.75, 3.05) is 0 Å². The van der Waals surface area contributed by atoms with E-state index in [2.05, 4.69) is 10.5 Å². The molecule has 3 rings (SSSR count). The number of hydrogen-bond donors (Lipinski definition) is 3. The van der Waals surface area contributed by atoms with E-state index >= 15 is 0 Å². The molecule has 1 aliphatic rings. The molecule has 1 aliphatic heterocycles.